The number of benzene rings is 1. The lowest BCUT2D eigenvalue weighted by Gasteiger charge is -2.14. The van der Waals surface area contributed by atoms with Gasteiger partial charge in [0, 0.05) is 43.4 Å². The molecule has 0 aliphatic carbocycles. The number of hydrogen-bond donors (Lipinski definition) is 3. The number of amides is 2. The van der Waals surface area contributed by atoms with Crippen molar-refractivity contribution in [3.63, 3.8) is 0 Å². The number of methoxy groups -OCH3 is 1. The molecule has 1 heterocycles. The van der Waals surface area contributed by atoms with Crippen LogP contribution in [0.3, 0.4) is 0 Å². The summed E-state index contributed by atoms with van der Waals surface area (Å²) in [7, 11) is 2.91. The largest absolute Gasteiger partial charge is 0.494 e. The van der Waals surface area contributed by atoms with Gasteiger partial charge in [0.15, 0.2) is 11.6 Å². The first-order valence-corrected chi connectivity index (χ1v) is 7.24. The molecule has 0 spiro atoms. The second kappa shape index (κ2) is 6.68. The lowest BCUT2D eigenvalue weighted by atomic mass is 9.96. The first-order chi connectivity index (χ1) is 10.9. The molecule has 23 heavy (non-hydrogen) atoms. The Bertz CT molecular complexity index is 755. The minimum atomic E-state index is -0.509. The van der Waals surface area contributed by atoms with Gasteiger partial charge in [-0.3, -0.25) is 9.59 Å². The van der Waals surface area contributed by atoms with Gasteiger partial charge in [-0.25, -0.2) is 4.39 Å². The second-order valence-electron chi connectivity index (χ2n) is 5.36. The number of hydrogen-bond acceptors (Lipinski definition) is 3. The fourth-order valence-electron chi connectivity index (χ4n) is 2.59. The van der Waals surface area contributed by atoms with E-state index in [1.54, 1.807) is 6.07 Å². The molecule has 1 aromatic heterocycles. The summed E-state index contributed by atoms with van der Waals surface area (Å²) in [5.74, 6) is -0.999. The minimum absolute atomic E-state index is 0.105. The lowest BCUT2D eigenvalue weighted by molar-refractivity contribution is -0.119. The van der Waals surface area contributed by atoms with Crippen molar-refractivity contribution in [1.29, 1.82) is 0 Å². The summed E-state index contributed by atoms with van der Waals surface area (Å²) in [5, 5.41) is 5.99. The van der Waals surface area contributed by atoms with Gasteiger partial charge in [0.25, 0.3) is 5.91 Å². The first-order valence-electron chi connectivity index (χ1n) is 7.24. The Morgan fingerprint density at radius 2 is 2.09 bits per heavy atom. The van der Waals surface area contributed by atoms with Gasteiger partial charge < -0.3 is 20.4 Å². The highest BCUT2D eigenvalue weighted by Crippen LogP contribution is 2.33. The van der Waals surface area contributed by atoms with E-state index in [-0.39, 0.29) is 23.5 Å². The Balaban J connectivity index is 2.61. The average molecular weight is 321 g/mol. The Hall–Kier alpha value is -2.57. The lowest BCUT2D eigenvalue weighted by Crippen LogP contribution is -2.26. The maximum absolute atomic E-state index is 13.9. The van der Waals surface area contributed by atoms with E-state index in [0.29, 0.717) is 28.7 Å². The number of H-pyrrole nitrogens is 1. The van der Waals surface area contributed by atoms with Crippen LogP contribution in [0.25, 0.3) is 10.9 Å². The van der Waals surface area contributed by atoms with Crippen molar-refractivity contribution < 1.29 is 18.7 Å². The number of carbonyl (C=O) groups is 2. The second-order valence-corrected chi connectivity index (χ2v) is 5.36. The highest BCUT2D eigenvalue weighted by Gasteiger charge is 2.23. The molecule has 0 aliphatic heterocycles. The van der Waals surface area contributed by atoms with Gasteiger partial charge in [-0.2, -0.15) is 0 Å². The van der Waals surface area contributed by atoms with Crippen molar-refractivity contribution in [3.05, 3.63) is 29.2 Å². The first kappa shape index (κ1) is 16.8. The maximum Gasteiger partial charge on any atom is 0.267 e. The predicted octanol–water partition coefficient (Wildman–Crippen LogP) is 1.91. The van der Waals surface area contributed by atoms with Gasteiger partial charge in [-0.1, -0.05) is 6.92 Å². The van der Waals surface area contributed by atoms with E-state index < -0.39 is 5.82 Å². The third kappa shape index (κ3) is 3.28. The van der Waals surface area contributed by atoms with Gasteiger partial charge in [-0.15, -0.1) is 0 Å². The molecule has 6 nitrogen and oxygen atoms in total. The number of rotatable bonds is 5. The van der Waals surface area contributed by atoms with Crippen LogP contribution in [0.1, 0.15) is 35.8 Å². The molecule has 2 aromatic rings. The minimum Gasteiger partial charge on any atom is -0.494 e. The molecule has 0 fully saturated rings. The standard InChI is InChI=1S/C16H20FN3O3/c1-8(7-19-9(2)21)14-10-5-13(23-4)11(17)6-12(10)20-15(14)16(22)18-3/h5-6,8,20H,7H2,1-4H3,(H,18,22)(H,19,21)/t8-/m0/s1. The number of carbonyl (C=O) groups excluding carboxylic acids is 2. The van der Waals surface area contributed by atoms with Crippen molar-refractivity contribution in [1.82, 2.24) is 15.6 Å². The zero-order valence-corrected chi connectivity index (χ0v) is 13.5. The van der Waals surface area contributed by atoms with E-state index in [4.69, 9.17) is 4.74 Å². The predicted molar refractivity (Wildman–Crippen MR) is 85.3 cm³/mol. The zero-order valence-electron chi connectivity index (χ0n) is 13.5. The number of halogens is 1. The van der Waals surface area contributed by atoms with Crippen LogP contribution in [0, 0.1) is 5.82 Å². The monoisotopic (exact) mass is 321 g/mol. The van der Waals surface area contributed by atoms with Crippen LogP contribution in [-0.2, 0) is 4.79 Å². The molecule has 0 unspecified atom stereocenters. The summed E-state index contributed by atoms with van der Waals surface area (Å²) in [6.45, 7) is 3.69. The Kier molecular flexibility index (Phi) is 4.88. The van der Waals surface area contributed by atoms with E-state index in [9.17, 15) is 14.0 Å². The van der Waals surface area contributed by atoms with E-state index >= 15 is 0 Å². The van der Waals surface area contributed by atoms with Crippen LogP contribution in [0.5, 0.6) is 5.75 Å². The van der Waals surface area contributed by atoms with Crippen LogP contribution in [0.4, 0.5) is 4.39 Å². The van der Waals surface area contributed by atoms with Crippen molar-refractivity contribution in [2.24, 2.45) is 0 Å². The van der Waals surface area contributed by atoms with Crippen molar-refractivity contribution in [2.75, 3.05) is 20.7 Å². The summed E-state index contributed by atoms with van der Waals surface area (Å²) in [6.07, 6.45) is 0. The molecular weight excluding hydrogens is 301 g/mol. The van der Waals surface area contributed by atoms with Crippen LogP contribution < -0.4 is 15.4 Å². The van der Waals surface area contributed by atoms with Gasteiger partial charge in [0.2, 0.25) is 5.91 Å². The SMILES string of the molecule is CNC(=O)c1[nH]c2cc(F)c(OC)cc2c1[C@@H](C)CNC(C)=O. The number of aromatic amines is 1. The molecule has 7 heteroatoms. The molecule has 3 N–H and O–H groups in total. The van der Waals surface area contributed by atoms with E-state index in [2.05, 4.69) is 15.6 Å². The molecule has 1 atom stereocenters. The third-order valence-corrected chi connectivity index (χ3v) is 3.72. The number of aromatic nitrogens is 1. The number of ether oxygens (including phenoxy) is 1. The smallest absolute Gasteiger partial charge is 0.267 e. The van der Waals surface area contributed by atoms with Crippen LogP contribution in [0.2, 0.25) is 0 Å². The van der Waals surface area contributed by atoms with Gasteiger partial charge >= 0.3 is 0 Å². The molecular formula is C16H20FN3O3. The van der Waals surface area contributed by atoms with Gasteiger partial charge in [-0.05, 0) is 11.6 Å². The Morgan fingerprint density at radius 3 is 2.65 bits per heavy atom. The fourth-order valence-corrected chi connectivity index (χ4v) is 2.59. The summed E-state index contributed by atoms with van der Waals surface area (Å²) in [6, 6.07) is 2.86. The Morgan fingerprint density at radius 1 is 1.39 bits per heavy atom. The molecule has 0 aliphatic rings. The summed E-state index contributed by atoms with van der Waals surface area (Å²) in [5.41, 5.74) is 1.57. The molecule has 0 saturated heterocycles. The van der Waals surface area contributed by atoms with Crippen LogP contribution >= 0.6 is 0 Å². The summed E-state index contributed by atoms with van der Waals surface area (Å²) in [4.78, 5) is 26.2. The number of nitrogens with one attached hydrogen (secondary N) is 3. The van der Waals surface area contributed by atoms with E-state index in [0.717, 1.165) is 0 Å². The molecule has 0 bridgehead atoms. The zero-order chi connectivity index (χ0) is 17.1. The highest BCUT2D eigenvalue weighted by atomic mass is 19.1. The van der Waals surface area contributed by atoms with Crippen molar-refractivity contribution in [3.8, 4) is 5.75 Å². The highest BCUT2D eigenvalue weighted by molar-refractivity contribution is 6.01. The van der Waals surface area contributed by atoms with Crippen LogP contribution in [0.15, 0.2) is 12.1 Å². The molecule has 124 valence electrons. The quantitative estimate of drug-likeness (QED) is 0.787. The Labute approximate surface area is 133 Å². The normalized spacial score (nSPS) is 12.0. The summed E-state index contributed by atoms with van der Waals surface area (Å²) >= 11 is 0. The van der Waals surface area contributed by atoms with E-state index in [1.807, 2.05) is 6.92 Å². The van der Waals surface area contributed by atoms with Gasteiger partial charge in [0.1, 0.15) is 5.69 Å². The average Bonchev–Trinajstić information content (AvgIpc) is 2.88. The topological polar surface area (TPSA) is 83.2 Å². The van der Waals surface area contributed by atoms with E-state index in [1.165, 1.54) is 27.1 Å². The third-order valence-electron chi connectivity index (χ3n) is 3.72. The maximum atomic E-state index is 13.9. The molecule has 0 saturated carbocycles. The molecule has 1 aromatic carbocycles. The van der Waals surface area contributed by atoms with Gasteiger partial charge in [0.05, 0.1) is 7.11 Å². The molecule has 2 amide bonds. The fraction of sp³-hybridized carbons (Fsp3) is 0.375. The van der Waals surface area contributed by atoms with Crippen molar-refractivity contribution in [2.45, 2.75) is 19.8 Å². The van der Waals surface area contributed by atoms with Crippen molar-refractivity contribution >= 4 is 22.7 Å². The molecule has 0 radical (unpaired) electrons. The molecule has 2 rings (SSSR count). The van der Waals surface area contributed by atoms with Crippen LogP contribution in [-0.4, -0.2) is 37.5 Å². The summed E-state index contributed by atoms with van der Waals surface area (Å²) < 4.78 is 18.9. The number of fused-ring (bicyclic) bond motifs is 1.